The highest BCUT2D eigenvalue weighted by molar-refractivity contribution is 5.99. The lowest BCUT2D eigenvalue weighted by atomic mass is 9.84. The van der Waals surface area contributed by atoms with Crippen LogP contribution in [-0.2, 0) is 4.79 Å². The molecule has 0 saturated carbocycles. The molecule has 84 valence electrons. The zero-order valence-electron chi connectivity index (χ0n) is 9.44. The molecule has 1 aliphatic rings. The fraction of sp³-hybridized carbons (Fsp3) is 0.357. The van der Waals surface area contributed by atoms with E-state index in [1.807, 2.05) is 12.1 Å². The van der Waals surface area contributed by atoms with E-state index in [1.54, 1.807) is 18.2 Å². The number of ketones is 1. The quantitative estimate of drug-likeness (QED) is 0.824. The number of carbonyl (C=O) groups is 1. The summed E-state index contributed by atoms with van der Waals surface area (Å²) in [5, 5.41) is 9.20. The van der Waals surface area contributed by atoms with E-state index in [9.17, 15) is 9.90 Å². The van der Waals surface area contributed by atoms with Crippen LogP contribution in [0.1, 0.15) is 31.7 Å². The van der Waals surface area contributed by atoms with Crippen LogP contribution in [0.3, 0.4) is 0 Å². The lowest BCUT2D eigenvalue weighted by Crippen LogP contribution is -2.15. The number of hydrogen-bond donors (Lipinski definition) is 1. The largest absolute Gasteiger partial charge is 0.508 e. The number of benzene rings is 1. The second-order valence-electron chi connectivity index (χ2n) is 4.26. The molecule has 0 amide bonds. The van der Waals surface area contributed by atoms with Gasteiger partial charge in [0.1, 0.15) is 5.75 Å². The molecule has 0 aromatic heterocycles. The van der Waals surface area contributed by atoms with E-state index in [4.69, 9.17) is 0 Å². The van der Waals surface area contributed by atoms with Crippen molar-refractivity contribution in [3.63, 3.8) is 0 Å². The minimum absolute atomic E-state index is 0.209. The zero-order chi connectivity index (χ0) is 11.5. The molecule has 1 atom stereocenters. The van der Waals surface area contributed by atoms with Gasteiger partial charge in [0.05, 0.1) is 0 Å². The molecule has 0 spiro atoms. The van der Waals surface area contributed by atoms with Gasteiger partial charge >= 0.3 is 0 Å². The predicted octanol–water partition coefficient (Wildman–Crippen LogP) is 3.16. The maximum atomic E-state index is 11.8. The third kappa shape index (κ3) is 2.16. The van der Waals surface area contributed by atoms with E-state index in [-0.39, 0.29) is 17.5 Å². The summed E-state index contributed by atoms with van der Waals surface area (Å²) < 4.78 is 0. The van der Waals surface area contributed by atoms with Crippen LogP contribution >= 0.6 is 0 Å². The van der Waals surface area contributed by atoms with Crippen LogP contribution in [-0.4, -0.2) is 10.9 Å². The first-order chi connectivity index (χ1) is 7.70. The van der Waals surface area contributed by atoms with Crippen molar-refractivity contribution in [2.45, 2.75) is 26.2 Å². The number of phenolic OH excluding ortho intramolecular Hbond substituents is 1. The van der Waals surface area contributed by atoms with Crippen LogP contribution in [0, 0.1) is 5.92 Å². The minimum atomic E-state index is 0.209. The summed E-state index contributed by atoms with van der Waals surface area (Å²) in [5.41, 5.74) is 2.13. The van der Waals surface area contributed by atoms with E-state index < -0.39 is 0 Å². The summed E-state index contributed by atoms with van der Waals surface area (Å²) in [6.07, 6.45) is 4.60. The molecule has 16 heavy (non-hydrogen) atoms. The van der Waals surface area contributed by atoms with Gasteiger partial charge in [0.2, 0.25) is 0 Å². The Hall–Kier alpha value is -1.57. The van der Waals surface area contributed by atoms with E-state index in [1.165, 1.54) is 0 Å². The Morgan fingerprint density at radius 2 is 2.00 bits per heavy atom. The number of allylic oxidation sites excluding steroid dienone is 2. The van der Waals surface area contributed by atoms with Gasteiger partial charge < -0.3 is 5.11 Å². The van der Waals surface area contributed by atoms with Crippen molar-refractivity contribution < 1.29 is 9.90 Å². The monoisotopic (exact) mass is 216 g/mol. The molecule has 0 radical (unpaired) electrons. The smallest absolute Gasteiger partial charge is 0.159 e. The molecule has 2 rings (SSSR count). The molecule has 1 unspecified atom stereocenters. The van der Waals surface area contributed by atoms with Crippen molar-refractivity contribution in [2.75, 3.05) is 0 Å². The lowest BCUT2D eigenvalue weighted by Gasteiger charge is -2.19. The van der Waals surface area contributed by atoms with Gasteiger partial charge in [0.25, 0.3) is 0 Å². The summed E-state index contributed by atoms with van der Waals surface area (Å²) in [6, 6.07) is 7.04. The Morgan fingerprint density at radius 1 is 1.31 bits per heavy atom. The van der Waals surface area contributed by atoms with Crippen molar-refractivity contribution in [1.82, 2.24) is 0 Å². The molecule has 0 fully saturated rings. The summed E-state index contributed by atoms with van der Waals surface area (Å²) >= 11 is 0. The third-order valence-electron chi connectivity index (χ3n) is 3.21. The molecular weight excluding hydrogens is 200 g/mol. The number of aromatic hydroxyl groups is 1. The summed E-state index contributed by atoms with van der Waals surface area (Å²) in [6.45, 7) is 2.06. The Balaban J connectivity index is 2.23. The molecule has 0 aliphatic heterocycles. The first-order valence-electron chi connectivity index (χ1n) is 5.74. The molecule has 1 N–H and O–H groups in total. The van der Waals surface area contributed by atoms with Gasteiger partial charge in [-0.3, -0.25) is 4.79 Å². The molecule has 1 aromatic rings. The van der Waals surface area contributed by atoms with Crippen molar-refractivity contribution in [1.29, 1.82) is 0 Å². The van der Waals surface area contributed by atoms with Gasteiger partial charge in [0, 0.05) is 5.92 Å². The molecule has 0 heterocycles. The average molecular weight is 216 g/mol. The number of hydrogen-bond acceptors (Lipinski definition) is 2. The second kappa shape index (κ2) is 4.52. The normalized spacial score (nSPS) is 20.7. The zero-order valence-corrected chi connectivity index (χ0v) is 9.44. The number of phenols is 1. The lowest BCUT2D eigenvalue weighted by molar-refractivity contribution is -0.118. The summed E-state index contributed by atoms with van der Waals surface area (Å²) in [7, 11) is 0. The van der Waals surface area contributed by atoms with E-state index >= 15 is 0 Å². The van der Waals surface area contributed by atoms with Crippen molar-refractivity contribution >= 4 is 11.4 Å². The molecular formula is C14H16O2. The Kier molecular flexibility index (Phi) is 3.09. The molecule has 2 heteroatoms. The third-order valence-corrected chi connectivity index (χ3v) is 3.21. The van der Waals surface area contributed by atoms with Gasteiger partial charge in [-0.25, -0.2) is 0 Å². The van der Waals surface area contributed by atoms with Crippen LogP contribution < -0.4 is 0 Å². The van der Waals surface area contributed by atoms with Crippen molar-refractivity contribution in [3.8, 4) is 5.75 Å². The number of carbonyl (C=O) groups excluding carboxylic acids is 1. The molecule has 0 saturated heterocycles. The SMILES string of the molecule is CCC1CCC(c2ccc(O)cc2)=CC1=O. The first kappa shape index (κ1) is 10.9. The van der Waals surface area contributed by atoms with Crippen LogP contribution in [0.2, 0.25) is 0 Å². The summed E-state index contributed by atoms with van der Waals surface area (Å²) in [4.78, 5) is 11.8. The highest BCUT2D eigenvalue weighted by Gasteiger charge is 2.20. The first-order valence-corrected chi connectivity index (χ1v) is 5.74. The molecule has 2 nitrogen and oxygen atoms in total. The van der Waals surface area contributed by atoms with E-state index in [0.717, 1.165) is 30.4 Å². The van der Waals surface area contributed by atoms with Gasteiger partial charge in [-0.05, 0) is 48.6 Å². The Labute approximate surface area is 95.6 Å². The van der Waals surface area contributed by atoms with Crippen molar-refractivity contribution in [2.24, 2.45) is 5.92 Å². The maximum Gasteiger partial charge on any atom is 0.159 e. The van der Waals surface area contributed by atoms with Crippen LogP contribution in [0.25, 0.3) is 5.57 Å². The van der Waals surface area contributed by atoms with Crippen LogP contribution in [0.15, 0.2) is 30.3 Å². The second-order valence-corrected chi connectivity index (χ2v) is 4.26. The van der Waals surface area contributed by atoms with E-state index in [2.05, 4.69) is 6.92 Å². The highest BCUT2D eigenvalue weighted by atomic mass is 16.3. The fourth-order valence-corrected chi connectivity index (χ4v) is 2.14. The van der Waals surface area contributed by atoms with Gasteiger partial charge in [-0.15, -0.1) is 0 Å². The van der Waals surface area contributed by atoms with Crippen molar-refractivity contribution in [3.05, 3.63) is 35.9 Å². The molecule has 1 aromatic carbocycles. The van der Waals surface area contributed by atoms with Gasteiger partial charge in [-0.1, -0.05) is 19.1 Å². The molecule has 1 aliphatic carbocycles. The van der Waals surface area contributed by atoms with Gasteiger partial charge in [0.15, 0.2) is 5.78 Å². The molecule has 0 bridgehead atoms. The minimum Gasteiger partial charge on any atom is -0.508 e. The van der Waals surface area contributed by atoms with Crippen LogP contribution in [0.5, 0.6) is 5.75 Å². The summed E-state index contributed by atoms with van der Waals surface area (Å²) in [5.74, 6) is 0.718. The average Bonchev–Trinajstić information content (AvgIpc) is 2.30. The standard InChI is InChI=1S/C14H16O2/c1-2-10-3-4-12(9-14(10)16)11-5-7-13(15)8-6-11/h5-10,15H,2-4H2,1H3. The van der Waals surface area contributed by atoms with Gasteiger partial charge in [-0.2, -0.15) is 0 Å². The van der Waals surface area contributed by atoms with Crippen LogP contribution in [0.4, 0.5) is 0 Å². The topological polar surface area (TPSA) is 37.3 Å². The Morgan fingerprint density at radius 3 is 2.56 bits per heavy atom. The maximum absolute atomic E-state index is 11.8. The highest BCUT2D eigenvalue weighted by Crippen LogP contribution is 2.30. The fourth-order valence-electron chi connectivity index (χ4n) is 2.14. The van der Waals surface area contributed by atoms with E-state index in [0.29, 0.717) is 0 Å². The predicted molar refractivity (Wildman–Crippen MR) is 64.1 cm³/mol. The number of rotatable bonds is 2. The Bertz CT molecular complexity index is 415.